The van der Waals surface area contributed by atoms with Gasteiger partial charge in [-0.25, -0.2) is 0 Å². The normalized spacial score (nSPS) is 26.0. The lowest BCUT2D eigenvalue weighted by Gasteiger charge is -2.48. The van der Waals surface area contributed by atoms with Crippen LogP contribution in [0.4, 0.5) is 0 Å². The fourth-order valence-electron chi connectivity index (χ4n) is 9.04. The molecular weight excluding hydrogens is 853 g/mol. The van der Waals surface area contributed by atoms with Crippen molar-refractivity contribution in [2.45, 2.75) is 192 Å². The van der Waals surface area contributed by atoms with Crippen LogP contribution in [0.3, 0.4) is 0 Å². The molecule has 0 amide bonds. The van der Waals surface area contributed by atoms with Crippen molar-refractivity contribution in [3.05, 3.63) is 102 Å². The van der Waals surface area contributed by atoms with Crippen LogP contribution in [0.5, 0.6) is 5.75 Å². The zero-order valence-corrected chi connectivity index (χ0v) is 42.6. The second-order valence-corrected chi connectivity index (χ2v) is 25.5. The summed E-state index contributed by atoms with van der Waals surface area (Å²) in [5.74, 6) is -0.826. The van der Waals surface area contributed by atoms with Crippen molar-refractivity contribution in [1.82, 2.24) is 0 Å². The number of hydrogen-bond donors (Lipinski definition) is 0. The van der Waals surface area contributed by atoms with E-state index in [9.17, 15) is 9.59 Å². The number of aldehydes is 1. The predicted molar refractivity (Wildman–Crippen MR) is 261 cm³/mol. The summed E-state index contributed by atoms with van der Waals surface area (Å²) in [6.45, 7) is 26.9. The van der Waals surface area contributed by atoms with Crippen LogP contribution in [0.1, 0.15) is 117 Å². The summed E-state index contributed by atoms with van der Waals surface area (Å²) in [6, 6.07) is 17.8. The highest BCUT2D eigenvalue weighted by atomic mass is 28.4. The molecule has 5 rings (SSSR count). The van der Waals surface area contributed by atoms with E-state index in [1.165, 1.54) is 0 Å². The van der Waals surface area contributed by atoms with Crippen molar-refractivity contribution in [2.75, 3.05) is 21.0 Å². The number of ketones is 1. The van der Waals surface area contributed by atoms with Gasteiger partial charge in [0.25, 0.3) is 0 Å². The summed E-state index contributed by atoms with van der Waals surface area (Å²) < 4.78 is 57.2. The molecule has 66 heavy (non-hydrogen) atoms. The van der Waals surface area contributed by atoms with Gasteiger partial charge in [-0.1, -0.05) is 114 Å². The lowest BCUT2D eigenvalue weighted by molar-refractivity contribution is -0.285. The zero-order valence-electron chi connectivity index (χ0n) is 41.6. The molecule has 0 spiro atoms. The minimum absolute atomic E-state index is 0.0247. The van der Waals surface area contributed by atoms with Gasteiger partial charge in [-0.3, -0.25) is 4.79 Å². The Morgan fingerprint density at radius 2 is 1.48 bits per heavy atom. The molecule has 2 aromatic rings. The zero-order chi connectivity index (χ0) is 48.1. The van der Waals surface area contributed by atoms with Crippen molar-refractivity contribution in [3.63, 3.8) is 0 Å². The Labute approximate surface area is 397 Å². The van der Waals surface area contributed by atoms with E-state index in [4.69, 9.17) is 42.3 Å². The number of benzene rings is 2. The SMILES string of the molecule is C=C1C[C@H](C[C@@H]2CC(=C)C[C@H](C=CC(C)(C)[C@@]3(OC)O[C@H](C[C@@H](O[Si](C)(C)C(C)(C)C)[C@@H](C)OCOCc4ccccc4)CCC3=O)O2)O[C@H](C[C@H](CC=O)OCc2ccc(OC)cc2)C1. The number of methoxy groups -OCH3 is 2. The van der Waals surface area contributed by atoms with E-state index in [2.05, 4.69) is 47.0 Å². The maximum Gasteiger partial charge on any atom is 0.237 e. The highest BCUT2D eigenvalue weighted by Gasteiger charge is 2.55. The van der Waals surface area contributed by atoms with Crippen LogP contribution >= 0.6 is 0 Å². The fourth-order valence-corrected chi connectivity index (χ4v) is 10.4. The first-order valence-corrected chi connectivity index (χ1v) is 26.9. The Hall–Kier alpha value is -3.30. The van der Waals surface area contributed by atoms with Crippen LogP contribution in [0.15, 0.2) is 91.1 Å². The van der Waals surface area contributed by atoms with Crippen LogP contribution < -0.4 is 4.74 Å². The number of carbonyl (C=O) groups is 2. The molecule has 0 radical (unpaired) electrons. The van der Waals surface area contributed by atoms with E-state index in [1.54, 1.807) is 14.2 Å². The Kier molecular flexibility index (Phi) is 19.8. The molecule has 366 valence electrons. The smallest absolute Gasteiger partial charge is 0.237 e. The number of carbonyl (C=O) groups excluding carboxylic acids is 2. The van der Waals surface area contributed by atoms with E-state index < -0.39 is 19.5 Å². The van der Waals surface area contributed by atoms with E-state index in [-0.39, 0.29) is 72.9 Å². The predicted octanol–water partition coefficient (Wildman–Crippen LogP) is 11.2. The van der Waals surface area contributed by atoms with Gasteiger partial charge in [-0.05, 0) is 80.4 Å². The molecule has 3 aliphatic rings. The largest absolute Gasteiger partial charge is 0.497 e. The first-order valence-electron chi connectivity index (χ1n) is 24.0. The van der Waals surface area contributed by atoms with Gasteiger partial charge in [0.1, 0.15) is 18.8 Å². The lowest BCUT2D eigenvalue weighted by atomic mass is 9.76. The maximum atomic E-state index is 14.0. The van der Waals surface area contributed by atoms with Crippen molar-refractivity contribution in [2.24, 2.45) is 5.41 Å². The van der Waals surface area contributed by atoms with Crippen molar-refractivity contribution in [3.8, 4) is 5.75 Å². The summed E-state index contributed by atoms with van der Waals surface area (Å²) in [4.78, 5) is 25.7. The van der Waals surface area contributed by atoms with Crippen molar-refractivity contribution < 1.29 is 51.9 Å². The fraction of sp³-hybridized carbons (Fsp3) is 0.630. The Bertz CT molecular complexity index is 1890. The number of rotatable bonds is 24. The molecule has 3 fully saturated rings. The third kappa shape index (κ3) is 15.1. The maximum absolute atomic E-state index is 14.0. The van der Waals surface area contributed by atoms with Gasteiger partial charge in [-0.2, -0.15) is 0 Å². The molecule has 2 aromatic carbocycles. The number of hydrogen-bond acceptors (Lipinski definition) is 11. The van der Waals surface area contributed by atoms with Crippen LogP contribution in [0.2, 0.25) is 18.1 Å². The summed E-state index contributed by atoms with van der Waals surface area (Å²) in [5.41, 5.74) is 3.45. The van der Waals surface area contributed by atoms with Crippen LogP contribution in [-0.4, -0.2) is 96.0 Å². The summed E-state index contributed by atoms with van der Waals surface area (Å²) in [5, 5.41) is -0.0247. The summed E-state index contributed by atoms with van der Waals surface area (Å²) >= 11 is 0. The van der Waals surface area contributed by atoms with Gasteiger partial charge in [0, 0.05) is 44.6 Å². The van der Waals surface area contributed by atoms with Crippen LogP contribution in [0, 0.1) is 5.41 Å². The average Bonchev–Trinajstić information content (AvgIpc) is 3.26. The Morgan fingerprint density at radius 1 is 0.833 bits per heavy atom. The van der Waals surface area contributed by atoms with Crippen LogP contribution in [0.25, 0.3) is 0 Å². The highest BCUT2D eigenvalue weighted by molar-refractivity contribution is 6.74. The summed E-state index contributed by atoms with van der Waals surface area (Å²) in [6.07, 6.45) is 9.02. The van der Waals surface area contributed by atoms with Gasteiger partial charge in [0.2, 0.25) is 5.79 Å². The third-order valence-electron chi connectivity index (χ3n) is 13.9. The van der Waals surface area contributed by atoms with Gasteiger partial charge >= 0.3 is 0 Å². The topological polar surface area (TPSA) is 117 Å². The van der Waals surface area contributed by atoms with E-state index in [0.717, 1.165) is 53.6 Å². The van der Waals surface area contributed by atoms with Gasteiger partial charge in [-0.15, -0.1) is 0 Å². The summed E-state index contributed by atoms with van der Waals surface area (Å²) in [7, 11) is 0.960. The van der Waals surface area contributed by atoms with E-state index in [0.29, 0.717) is 51.7 Å². The molecule has 0 saturated carbocycles. The Balaban J connectivity index is 1.21. The minimum atomic E-state index is -2.24. The van der Waals surface area contributed by atoms with E-state index >= 15 is 0 Å². The van der Waals surface area contributed by atoms with Crippen LogP contribution in [-0.2, 0) is 60.4 Å². The molecule has 0 bridgehead atoms. The second-order valence-electron chi connectivity index (χ2n) is 20.7. The molecule has 3 saturated heterocycles. The molecule has 0 aliphatic carbocycles. The molecular formula is C54H80O11Si. The lowest BCUT2D eigenvalue weighted by Crippen LogP contribution is -2.59. The molecule has 3 aliphatic heterocycles. The standard InChI is InChI=1S/C54H80O11Si/c1-38-28-45(62-48(29-38)33-49-31-39(2)30-47(63-49)32-44(25-27-55)60-36-42-18-20-43(57-9)21-19-42)24-26-53(7,8)54(58-10)51(56)23-22-46(64-54)34-50(65-66(11,12)52(4,5)6)40(3)61-37-59-35-41-16-14-13-15-17-41/h13-21,24,26-27,40,44-50H,1-2,22-23,25,28-37H2,3-12H3/t40-,44+,45+,46+,47+,48+,49-,50-,54+/m1/s1. The van der Waals surface area contributed by atoms with Gasteiger partial charge < -0.3 is 47.1 Å². The molecule has 0 aromatic heterocycles. The third-order valence-corrected chi connectivity index (χ3v) is 18.4. The quantitative estimate of drug-likeness (QED) is 0.0329. The molecule has 9 atom stereocenters. The first-order chi connectivity index (χ1) is 31.3. The van der Waals surface area contributed by atoms with Crippen molar-refractivity contribution >= 4 is 20.4 Å². The molecule has 11 nitrogen and oxygen atoms in total. The number of Topliss-reactive ketones (excluding diaryl/α,β-unsaturated/α-hetero) is 1. The molecule has 0 N–H and O–H groups in total. The van der Waals surface area contributed by atoms with Crippen molar-refractivity contribution in [1.29, 1.82) is 0 Å². The average molecular weight is 933 g/mol. The van der Waals surface area contributed by atoms with Gasteiger partial charge in [0.15, 0.2) is 14.1 Å². The molecule has 12 heteroatoms. The highest BCUT2D eigenvalue weighted by Crippen LogP contribution is 2.45. The van der Waals surface area contributed by atoms with E-state index in [1.807, 2.05) is 87.5 Å². The molecule has 0 unspecified atom stereocenters. The minimum Gasteiger partial charge on any atom is -0.497 e. The molecule has 3 heterocycles. The first kappa shape index (κ1) is 53.6. The Morgan fingerprint density at radius 3 is 2.14 bits per heavy atom. The van der Waals surface area contributed by atoms with Gasteiger partial charge in [0.05, 0.1) is 69.2 Å². The number of ether oxygens (including phenoxy) is 8. The monoisotopic (exact) mass is 933 g/mol. The second kappa shape index (κ2) is 24.3.